The van der Waals surface area contributed by atoms with E-state index in [0.717, 1.165) is 22.6 Å². The van der Waals surface area contributed by atoms with E-state index in [1.165, 1.54) is 0 Å². The van der Waals surface area contributed by atoms with Crippen LogP contribution in [0.15, 0.2) is 36.7 Å². The fourth-order valence-electron chi connectivity index (χ4n) is 1.73. The highest BCUT2D eigenvalue weighted by atomic mass is 35.5. The molecule has 18 heavy (non-hydrogen) atoms. The van der Waals surface area contributed by atoms with Gasteiger partial charge in [0.05, 0.1) is 12.8 Å². The van der Waals surface area contributed by atoms with Crippen LogP contribution in [0.3, 0.4) is 0 Å². The molecule has 2 aromatic rings. The Labute approximate surface area is 112 Å². The average molecular weight is 263 g/mol. The first kappa shape index (κ1) is 12.7. The number of ether oxygens (including phenoxy) is 1. The van der Waals surface area contributed by atoms with Gasteiger partial charge in [0.25, 0.3) is 0 Å². The Morgan fingerprint density at radius 1 is 1.28 bits per heavy atom. The number of hydrogen-bond donors (Lipinski definition) is 1. The van der Waals surface area contributed by atoms with Crippen LogP contribution in [-0.4, -0.2) is 12.1 Å². The van der Waals surface area contributed by atoms with Crippen LogP contribution in [0.4, 0.5) is 5.69 Å². The van der Waals surface area contributed by atoms with Gasteiger partial charge in [-0.15, -0.1) is 0 Å². The molecular weight excluding hydrogens is 248 g/mol. The third kappa shape index (κ3) is 3.14. The molecule has 0 amide bonds. The normalized spacial score (nSPS) is 10.2. The summed E-state index contributed by atoms with van der Waals surface area (Å²) in [5.41, 5.74) is 3.15. The highest BCUT2D eigenvalue weighted by molar-refractivity contribution is 6.30. The van der Waals surface area contributed by atoms with Crippen LogP contribution in [0.1, 0.15) is 11.1 Å². The molecular formula is C14H15ClN2O. The predicted molar refractivity (Wildman–Crippen MR) is 74.3 cm³/mol. The summed E-state index contributed by atoms with van der Waals surface area (Å²) in [4.78, 5) is 4.16. The number of nitrogens with one attached hydrogen (secondary N) is 1. The number of hydrogen-bond acceptors (Lipinski definition) is 3. The van der Waals surface area contributed by atoms with Crippen LogP contribution in [0.25, 0.3) is 0 Å². The van der Waals surface area contributed by atoms with E-state index in [1.807, 2.05) is 31.5 Å². The summed E-state index contributed by atoms with van der Waals surface area (Å²) in [5.74, 6) is 0.778. The number of methoxy groups -OCH3 is 1. The molecule has 0 saturated heterocycles. The molecule has 0 radical (unpaired) electrons. The largest absolute Gasteiger partial charge is 0.495 e. The fraction of sp³-hybridized carbons (Fsp3) is 0.214. The molecule has 0 saturated carbocycles. The van der Waals surface area contributed by atoms with Crippen LogP contribution >= 0.6 is 11.6 Å². The van der Waals surface area contributed by atoms with E-state index in [0.29, 0.717) is 11.6 Å². The van der Waals surface area contributed by atoms with Gasteiger partial charge in [-0.1, -0.05) is 17.7 Å². The summed E-state index contributed by atoms with van der Waals surface area (Å²) in [7, 11) is 1.64. The minimum absolute atomic E-state index is 0.681. The maximum absolute atomic E-state index is 5.97. The van der Waals surface area contributed by atoms with Gasteiger partial charge < -0.3 is 10.1 Å². The van der Waals surface area contributed by atoms with Gasteiger partial charge in [0, 0.05) is 24.0 Å². The zero-order valence-electron chi connectivity index (χ0n) is 10.4. The van der Waals surface area contributed by atoms with Crippen molar-refractivity contribution in [1.29, 1.82) is 0 Å². The molecule has 3 nitrogen and oxygen atoms in total. The lowest BCUT2D eigenvalue weighted by Gasteiger charge is -2.11. The van der Waals surface area contributed by atoms with Crippen LogP contribution in [-0.2, 0) is 6.54 Å². The Hall–Kier alpha value is -1.74. The molecule has 2 rings (SSSR count). The van der Waals surface area contributed by atoms with Crippen LogP contribution < -0.4 is 10.1 Å². The first-order chi connectivity index (χ1) is 8.69. The van der Waals surface area contributed by atoms with Gasteiger partial charge in [0.1, 0.15) is 5.75 Å². The molecule has 1 aromatic carbocycles. The standard InChI is InChI=1S/C14H15ClN2O/c1-10-5-11(8-16-7-10)9-17-13-6-12(15)3-4-14(13)18-2/h3-8,17H,9H2,1-2H3. The van der Waals surface area contributed by atoms with Crippen molar-refractivity contribution < 1.29 is 4.74 Å². The van der Waals surface area contributed by atoms with E-state index in [4.69, 9.17) is 16.3 Å². The third-order valence-corrected chi connectivity index (χ3v) is 2.81. The Morgan fingerprint density at radius 2 is 2.11 bits per heavy atom. The van der Waals surface area contributed by atoms with Gasteiger partial charge in [-0.3, -0.25) is 4.98 Å². The lowest BCUT2D eigenvalue weighted by Crippen LogP contribution is -2.02. The lowest BCUT2D eigenvalue weighted by atomic mass is 10.2. The van der Waals surface area contributed by atoms with E-state index in [9.17, 15) is 0 Å². The van der Waals surface area contributed by atoms with Crippen molar-refractivity contribution in [1.82, 2.24) is 4.98 Å². The third-order valence-electron chi connectivity index (χ3n) is 2.58. The van der Waals surface area contributed by atoms with Gasteiger partial charge >= 0.3 is 0 Å². The van der Waals surface area contributed by atoms with E-state index in [1.54, 1.807) is 13.2 Å². The second-order valence-electron chi connectivity index (χ2n) is 4.07. The quantitative estimate of drug-likeness (QED) is 0.913. The Kier molecular flexibility index (Phi) is 4.05. The number of aromatic nitrogens is 1. The van der Waals surface area contributed by atoms with Crippen molar-refractivity contribution in [2.24, 2.45) is 0 Å². The second-order valence-corrected chi connectivity index (χ2v) is 4.51. The Morgan fingerprint density at radius 3 is 2.83 bits per heavy atom. The first-order valence-electron chi connectivity index (χ1n) is 5.67. The van der Waals surface area contributed by atoms with Gasteiger partial charge in [0.15, 0.2) is 0 Å². The molecule has 0 aliphatic heterocycles. The van der Waals surface area contributed by atoms with Gasteiger partial charge in [0.2, 0.25) is 0 Å². The molecule has 0 bridgehead atoms. The minimum atomic E-state index is 0.681. The maximum atomic E-state index is 5.97. The van der Waals surface area contributed by atoms with Gasteiger partial charge in [-0.25, -0.2) is 0 Å². The number of nitrogens with zero attached hydrogens (tertiary/aromatic N) is 1. The van der Waals surface area contributed by atoms with Crippen molar-refractivity contribution in [3.63, 3.8) is 0 Å². The Balaban J connectivity index is 2.12. The molecule has 4 heteroatoms. The van der Waals surface area contributed by atoms with Crippen molar-refractivity contribution in [2.45, 2.75) is 13.5 Å². The summed E-state index contributed by atoms with van der Waals surface area (Å²) < 4.78 is 5.28. The van der Waals surface area contributed by atoms with Crippen molar-refractivity contribution in [3.05, 3.63) is 52.8 Å². The SMILES string of the molecule is COc1ccc(Cl)cc1NCc1cncc(C)c1. The van der Waals surface area contributed by atoms with Crippen LogP contribution in [0.2, 0.25) is 5.02 Å². The lowest BCUT2D eigenvalue weighted by molar-refractivity contribution is 0.416. The molecule has 1 aromatic heterocycles. The summed E-state index contributed by atoms with van der Waals surface area (Å²) in [5, 5.41) is 3.98. The van der Waals surface area contributed by atoms with E-state index in [2.05, 4.69) is 16.4 Å². The smallest absolute Gasteiger partial charge is 0.142 e. The summed E-state index contributed by atoms with van der Waals surface area (Å²) in [6.07, 6.45) is 3.68. The molecule has 0 spiro atoms. The van der Waals surface area contributed by atoms with E-state index < -0.39 is 0 Å². The molecule has 0 fully saturated rings. The van der Waals surface area contributed by atoms with Crippen LogP contribution in [0, 0.1) is 6.92 Å². The van der Waals surface area contributed by atoms with Crippen molar-refractivity contribution in [2.75, 3.05) is 12.4 Å². The Bertz CT molecular complexity index is 543. The second kappa shape index (κ2) is 5.74. The van der Waals surface area contributed by atoms with Crippen molar-refractivity contribution in [3.8, 4) is 5.75 Å². The number of halogens is 1. The zero-order chi connectivity index (χ0) is 13.0. The molecule has 0 unspecified atom stereocenters. The highest BCUT2D eigenvalue weighted by Crippen LogP contribution is 2.27. The van der Waals surface area contributed by atoms with Gasteiger partial charge in [-0.05, 0) is 36.2 Å². The summed E-state index contributed by atoms with van der Waals surface area (Å²) in [6, 6.07) is 7.60. The van der Waals surface area contributed by atoms with E-state index in [-0.39, 0.29) is 0 Å². The number of pyridine rings is 1. The average Bonchev–Trinajstić information content (AvgIpc) is 2.37. The predicted octanol–water partition coefficient (Wildman–Crippen LogP) is 3.66. The summed E-state index contributed by atoms with van der Waals surface area (Å²) >= 11 is 5.97. The highest BCUT2D eigenvalue weighted by Gasteiger charge is 2.03. The molecule has 1 N–H and O–H groups in total. The molecule has 0 aliphatic carbocycles. The van der Waals surface area contributed by atoms with Gasteiger partial charge in [-0.2, -0.15) is 0 Å². The number of rotatable bonds is 4. The van der Waals surface area contributed by atoms with Crippen LogP contribution in [0.5, 0.6) is 5.75 Å². The molecule has 1 heterocycles. The zero-order valence-corrected chi connectivity index (χ0v) is 11.2. The van der Waals surface area contributed by atoms with E-state index >= 15 is 0 Å². The molecule has 94 valence electrons. The molecule has 0 aliphatic rings. The summed E-state index contributed by atoms with van der Waals surface area (Å²) in [6.45, 7) is 2.71. The first-order valence-corrected chi connectivity index (χ1v) is 6.05. The number of aryl methyl sites for hydroxylation is 1. The maximum Gasteiger partial charge on any atom is 0.142 e. The monoisotopic (exact) mass is 262 g/mol. The number of anilines is 1. The van der Waals surface area contributed by atoms with Crippen molar-refractivity contribution >= 4 is 17.3 Å². The fourth-order valence-corrected chi connectivity index (χ4v) is 1.90. The molecule has 0 atom stereocenters. The number of benzene rings is 1. The topological polar surface area (TPSA) is 34.1 Å². The minimum Gasteiger partial charge on any atom is -0.495 e.